The van der Waals surface area contributed by atoms with Gasteiger partial charge in [-0.15, -0.1) is 0 Å². The Labute approximate surface area is 166 Å². The van der Waals surface area contributed by atoms with Crippen molar-refractivity contribution in [3.63, 3.8) is 0 Å². The smallest absolute Gasteiger partial charge is 0.303 e. The minimum absolute atomic E-state index is 0.0609. The molecule has 4 atom stereocenters. The number of Topliss-reactive ketones (excluding diaryl/α,β-unsaturated/α-hetero) is 1. The number of aliphatic hydroxyl groups excluding tert-OH is 2. The Morgan fingerprint density at radius 2 is 1.82 bits per heavy atom. The molecule has 1 aromatic carbocycles. The van der Waals surface area contributed by atoms with Gasteiger partial charge in [-0.2, -0.15) is 0 Å². The first kappa shape index (κ1) is 22.4. The molecule has 1 aliphatic carbocycles. The molecule has 0 spiro atoms. The lowest BCUT2D eigenvalue weighted by atomic mass is 9.85. The largest absolute Gasteiger partial charge is 0.491 e. The summed E-state index contributed by atoms with van der Waals surface area (Å²) in [4.78, 5) is 22.8. The van der Waals surface area contributed by atoms with Crippen LogP contribution in [0.2, 0.25) is 0 Å². The number of aliphatic carboxylic acids is 1. The molecule has 0 unspecified atom stereocenters. The van der Waals surface area contributed by atoms with Gasteiger partial charge in [0.1, 0.15) is 18.1 Å². The molecule has 28 heavy (non-hydrogen) atoms. The number of para-hydroxylation sites is 1. The second-order valence-corrected chi connectivity index (χ2v) is 7.71. The zero-order chi connectivity index (χ0) is 20.4. The molecule has 0 saturated heterocycles. The van der Waals surface area contributed by atoms with E-state index < -0.39 is 18.2 Å². The Hall–Kier alpha value is -1.92. The van der Waals surface area contributed by atoms with Crippen LogP contribution in [0.3, 0.4) is 0 Å². The fourth-order valence-corrected chi connectivity index (χ4v) is 3.96. The summed E-state index contributed by atoms with van der Waals surface area (Å²) < 4.78 is 5.55. The summed E-state index contributed by atoms with van der Waals surface area (Å²) in [7, 11) is 0. The van der Waals surface area contributed by atoms with Gasteiger partial charge in [-0.3, -0.25) is 9.59 Å². The third-order valence-corrected chi connectivity index (χ3v) is 5.51. The highest BCUT2D eigenvalue weighted by molar-refractivity contribution is 5.84. The monoisotopic (exact) mass is 392 g/mol. The van der Waals surface area contributed by atoms with Crippen LogP contribution in [-0.4, -0.2) is 45.9 Å². The van der Waals surface area contributed by atoms with Crippen LogP contribution in [0.15, 0.2) is 30.3 Å². The van der Waals surface area contributed by atoms with E-state index in [1.165, 1.54) is 0 Å². The Morgan fingerprint density at radius 3 is 2.54 bits per heavy atom. The van der Waals surface area contributed by atoms with Crippen LogP contribution >= 0.6 is 0 Å². The second-order valence-electron chi connectivity index (χ2n) is 7.71. The van der Waals surface area contributed by atoms with Gasteiger partial charge in [-0.25, -0.2) is 0 Å². The minimum Gasteiger partial charge on any atom is -0.491 e. The van der Waals surface area contributed by atoms with E-state index in [9.17, 15) is 19.8 Å². The van der Waals surface area contributed by atoms with Gasteiger partial charge in [0.25, 0.3) is 0 Å². The zero-order valence-electron chi connectivity index (χ0n) is 16.3. The quantitative estimate of drug-likeness (QED) is 0.445. The second kappa shape index (κ2) is 11.8. The highest BCUT2D eigenvalue weighted by Crippen LogP contribution is 2.36. The number of rotatable bonds is 13. The molecule has 156 valence electrons. The highest BCUT2D eigenvalue weighted by atomic mass is 16.5. The normalized spacial score (nSPS) is 22.9. The summed E-state index contributed by atoms with van der Waals surface area (Å²) in [5, 5.41) is 29.1. The number of carbonyl (C=O) groups excluding carboxylic acids is 1. The van der Waals surface area contributed by atoms with Gasteiger partial charge in [-0.1, -0.05) is 37.5 Å². The summed E-state index contributed by atoms with van der Waals surface area (Å²) >= 11 is 0. The molecule has 3 N–H and O–H groups in total. The first-order valence-corrected chi connectivity index (χ1v) is 10.3. The van der Waals surface area contributed by atoms with E-state index in [1.54, 1.807) is 0 Å². The molecule has 1 fully saturated rings. The van der Waals surface area contributed by atoms with Crippen molar-refractivity contribution in [2.24, 2.45) is 11.8 Å². The van der Waals surface area contributed by atoms with Crippen LogP contribution < -0.4 is 4.74 Å². The van der Waals surface area contributed by atoms with Gasteiger partial charge in [0.05, 0.1) is 12.2 Å². The van der Waals surface area contributed by atoms with Crippen LogP contribution in [0.5, 0.6) is 5.75 Å². The van der Waals surface area contributed by atoms with Crippen molar-refractivity contribution >= 4 is 11.8 Å². The maximum absolute atomic E-state index is 12.3. The van der Waals surface area contributed by atoms with E-state index in [2.05, 4.69) is 0 Å². The Bertz CT molecular complexity index is 602. The number of carbonyl (C=O) groups is 2. The van der Waals surface area contributed by atoms with E-state index >= 15 is 0 Å². The molecular weight excluding hydrogens is 360 g/mol. The summed E-state index contributed by atoms with van der Waals surface area (Å²) in [5.41, 5.74) is 0. The molecule has 0 bridgehead atoms. The van der Waals surface area contributed by atoms with Gasteiger partial charge < -0.3 is 20.1 Å². The summed E-state index contributed by atoms with van der Waals surface area (Å²) in [6.45, 7) is 0.182. The predicted octanol–water partition coefficient (Wildman–Crippen LogP) is 3.20. The Morgan fingerprint density at radius 1 is 1.11 bits per heavy atom. The van der Waals surface area contributed by atoms with Crippen molar-refractivity contribution in [3.8, 4) is 5.75 Å². The van der Waals surface area contributed by atoms with Gasteiger partial charge in [0.15, 0.2) is 0 Å². The molecule has 0 amide bonds. The van der Waals surface area contributed by atoms with E-state index in [0.29, 0.717) is 25.0 Å². The van der Waals surface area contributed by atoms with Crippen molar-refractivity contribution in [1.29, 1.82) is 0 Å². The molecule has 0 aromatic heterocycles. The SMILES string of the molecule is O=C(O)CCCCCC[C@H]1[C@@H](O)CC(=O)[C@@H]1CC[C@H](O)COc1ccccc1. The predicted molar refractivity (Wildman–Crippen MR) is 105 cm³/mol. The molecule has 1 aliphatic rings. The molecular formula is C22H32O6. The van der Waals surface area contributed by atoms with E-state index in [-0.39, 0.29) is 37.1 Å². The molecule has 1 saturated carbocycles. The topological polar surface area (TPSA) is 104 Å². The lowest BCUT2D eigenvalue weighted by molar-refractivity contribution is -0.137. The lowest BCUT2D eigenvalue weighted by Gasteiger charge is -2.22. The third kappa shape index (κ3) is 7.60. The maximum atomic E-state index is 12.3. The van der Waals surface area contributed by atoms with Crippen LogP contribution in [0.4, 0.5) is 0 Å². The number of unbranched alkanes of at least 4 members (excludes halogenated alkanes) is 3. The minimum atomic E-state index is -0.772. The standard InChI is InChI=1S/C22H32O6/c23-16(15-28-17-8-4-3-5-9-17)12-13-19-18(20(24)14-21(19)25)10-6-1-2-7-11-22(26)27/h3-5,8-9,16,18-20,23-24H,1-2,6-7,10-15H2,(H,26,27)/t16-,18+,19+,20-/m0/s1. The summed E-state index contributed by atoms with van der Waals surface area (Å²) in [6.07, 6.45) is 4.22. The van der Waals surface area contributed by atoms with Gasteiger partial charge in [-0.05, 0) is 43.7 Å². The molecule has 0 radical (unpaired) electrons. The van der Waals surface area contributed by atoms with E-state index in [0.717, 1.165) is 25.7 Å². The number of aliphatic hydroxyl groups is 2. The van der Waals surface area contributed by atoms with Crippen molar-refractivity contribution in [2.75, 3.05) is 6.61 Å². The Balaban J connectivity index is 1.70. The van der Waals surface area contributed by atoms with Gasteiger partial charge in [0, 0.05) is 18.8 Å². The first-order valence-electron chi connectivity index (χ1n) is 10.3. The maximum Gasteiger partial charge on any atom is 0.303 e. The fourth-order valence-electron chi connectivity index (χ4n) is 3.96. The molecule has 0 aliphatic heterocycles. The molecule has 2 rings (SSSR count). The molecule has 6 nitrogen and oxygen atoms in total. The van der Waals surface area contributed by atoms with E-state index in [1.807, 2.05) is 30.3 Å². The van der Waals surface area contributed by atoms with Crippen molar-refractivity contribution in [3.05, 3.63) is 30.3 Å². The summed E-state index contributed by atoms with van der Waals surface area (Å²) in [5.74, 6) is -0.254. The number of benzene rings is 1. The van der Waals surface area contributed by atoms with E-state index in [4.69, 9.17) is 9.84 Å². The van der Waals surface area contributed by atoms with Crippen LogP contribution in [-0.2, 0) is 9.59 Å². The van der Waals surface area contributed by atoms with Crippen molar-refractivity contribution < 1.29 is 29.6 Å². The highest BCUT2D eigenvalue weighted by Gasteiger charge is 2.40. The van der Waals surface area contributed by atoms with Crippen molar-refractivity contribution in [2.45, 2.75) is 70.0 Å². The number of ether oxygens (including phenoxy) is 1. The van der Waals surface area contributed by atoms with Gasteiger partial charge >= 0.3 is 5.97 Å². The average molecular weight is 392 g/mol. The van der Waals surface area contributed by atoms with Crippen molar-refractivity contribution in [1.82, 2.24) is 0 Å². The zero-order valence-corrected chi connectivity index (χ0v) is 16.3. The fraction of sp³-hybridized carbons (Fsp3) is 0.636. The molecule has 1 aromatic rings. The number of ketones is 1. The van der Waals surface area contributed by atoms with Crippen LogP contribution in [0.1, 0.15) is 57.8 Å². The van der Waals surface area contributed by atoms with Crippen LogP contribution in [0.25, 0.3) is 0 Å². The molecule has 6 heteroatoms. The van der Waals surface area contributed by atoms with Crippen LogP contribution in [0, 0.1) is 11.8 Å². The summed E-state index contributed by atoms with van der Waals surface area (Å²) in [6, 6.07) is 9.29. The number of carboxylic acid groups (broad SMARTS) is 1. The Kier molecular flexibility index (Phi) is 9.44. The average Bonchev–Trinajstić information content (AvgIpc) is 2.94. The lowest BCUT2D eigenvalue weighted by Crippen LogP contribution is -2.24. The van der Waals surface area contributed by atoms with Gasteiger partial charge in [0.2, 0.25) is 0 Å². The molecule has 0 heterocycles. The number of hydrogen-bond acceptors (Lipinski definition) is 5. The number of hydrogen-bond donors (Lipinski definition) is 3. The number of carboxylic acids is 1. The third-order valence-electron chi connectivity index (χ3n) is 5.51. The first-order chi connectivity index (χ1) is 13.5.